The summed E-state index contributed by atoms with van der Waals surface area (Å²) in [6.07, 6.45) is 0.969. The van der Waals surface area contributed by atoms with E-state index in [2.05, 4.69) is 29.3 Å². The van der Waals surface area contributed by atoms with Crippen LogP contribution in [0.3, 0.4) is 0 Å². The van der Waals surface area contributed by atoms with Gasteiger partial charge in [-0.1, -0.05) is 42.7 Å². The van der Waals surface area contributed by atoms with Crippen LogP contribution >= 0.6 is 23.8 Å². The van der Waals surface area contributed by atoms with Crippen LogP contribution in [0.15, 0.2) is 58.8 Å². The van der Waals surface area contributed by atoms with Crippen molar-refractivity contribution in [1.82, 2.24) is 20.4 Å². The highest BCUT2D eigenvalue weighted by Crippen LogP contribution is 2.37. The Bertz CT molecular complexity index is 1160. The van der Waals surface area contributed by atoms with Gasteiger partial charge in [-0.25, -0.2) is 4.39 Å². The second-order valence-electron chi connectivity index (χ2n) is 8.20. The Hall–Kier alpha value is -2.77. The van der Waals surface area contributed by atoms with Gasteiger partial charge in [0.2, 0.25) is 5.82 Å². The monoisotopic (exact) mass is 470 g/mol. The normalized spacial score (nSPS) is 16.6. The van der Waals surface area contributed by atoms with Gasteiger partial charge in [0, 0.05) is 22.8 Å². The van der Waals surface area contributed by atoms with Gasteiger partial charge in [0.15, 0.2) is 5.11 Å². The van der Waals surface area contributed by atoms with Crippen molar-refractivity contribution in [2.75, 3.05) is 6.54 Å². The second kappa shape index (κ2) is 9.38. The lowest BCUT2D eigenvalue weighted by molar-refractivity contribution is 0.390. The molecule has 1 aromatic heterocycles. The molecule has 32 heavy (non-hydrogen) atoms. The molecular formula is C24H24ClFN4OS. The van der Waals surface area contributed by atoms with Gasteiger partial charge in [-0.2, -0.15) is 4.98 Å². The zero-order valence-electron chi connectivity index (χ0n) is 18.1. The molecule has 0 spiro atoms. The largest absolute Gasteiger partial charge is 0.351 e. The Balaban J connectivity index is 1.79. The molecule has 166 valence electrons. The zero-order valence-corrected chi connectivity index (χ0v) is 19.7. The van der Waals surface area contributed by atoms with E-state index in [0.717, 1.165) is 35.4 Å². The predicted octanol–water partition coefficient (Wildman–Crippen LogP) is 6.24. The highest BCUT2D eigenvalue weighted by Gasteiger charge is 2.34. The molecule has 0 aliphatic carbocycles. The number of thiocarbonyl (C=S) groups is 1. The number of nitrogens with one attached hydrogen (secondary N) is 1. The maximum absolute atomic E-state index is 14.0. The molecule has 4 rings (SSSR count). The minimum atomic E-state index is -0.410. The molecule has 1 atom stereocenters. The number of nitrogens with zero attached hydrogens (tertiary/aromatic N) is 3. The van der Waals surface area contributed by atoms with Crippen LogP contribution < -0.4 is 5.32 Å². The average Bonchev–Trinajstić information content (AvgIpc) is 3.23. The Morgan fingerprint density at radius 1 is 1.22 bits per heavy atom. The lowest BCUT2D eigenvalue weighted by atomic mass is 9.94. The van der Waals surface area contributed by atoms with Gasteiger partial charge in [0.25, 0.3) is 5.89 Å². The van der Waals surface area contributed by atoms with Crippen LogP contribution in [0.2, 0.25) is 5.02 Å². The Labute approximate surface area is 197 Å². The number of aromatic nitrogens is 2. The maximum Gasteiger partial charge on any atom is 0.258 e. The molecule has 0 bridgehead atoms. The molecule has 1 aliphatic heterocycles. The fraction of sp³-hybridized carbons (Fsp3) is 0.292. The smallest absolute Gasteiger partial charge is 0.258 e. The summed E-state index contributed by atoms with van der Waals surface area (Å²) in [6, 6.07) is 13.3. The summed E-state index contributed by atoms with van der Waals surface area (Å²) in [5.41, 5.74) is 3.22. The molecular weight excluding hydrogens is 447 g/mol. The molecule has 1 N–H and O–H groups in total. The van der Waals surface area contributed by atoms with Crippen molar-refractivity contribution in [3.05, 3.63) is 76.5 Å². The predicted molar refractivity (Wildman–Crippen MR) is 128 cm³/mol. The van der Waals surface area contributed by atoms with Crippen molar-refractivity contribution >= 4 is 34.5 Å². The van der Waals surface area contributed by atoms with Crippen LogP contribution in [0.25, 0.3) is 17.0 Å². The summed E-state index contributed by atoms with van der Waals surface area (Å²) in [7, 11) is 0. The Kier molecular flexibility index (Phi) is 6.58. The topological polar surface area (TPSA) is 54.2 Å². The molecule has 1 aliphatic rings. The molecule has 0 amide bonds. The molecule has 8 heteroatoms. The van der Waals surface area contributed by atoms with Crippen molar-refractivity contribution in [3.63, 3.8) is 0 Å². The highest BCUT2D eigenvalue weighted by molar-refractivity contribution is 7.80. The molecule has 0 radical (unpaired) electrons. The van der Waals surface area contributed by atoms with Gasteiger partial charge in [-0.15, -0.1) is 0 Å². The summed E-state index contributed by atoms with van der Waals surface area (Å²) < 4.78 is 19.7. The molecule has 0 saturated heterocycles. The number of allylic oxidation sites excluding steroid dienone is 1. The van der Waals surface area contributed by atoms with E-state index in [1.165, 1.54) is 12.1 Å². The SMILES string of the molecule is CC1=C(c2nc(-c3ccc(Cl)cc3)no2)C(c2cccc(F)c2)NC(=S)N1CCC(C)C. The average molecular weight is 471 g/mol. The molecule has 5 nitrogen and oxygen atoms in total. The van der Waals surface area contributed by atoms with E-state index in [-0.39, 0.29) is 5.82 Å². The summed E-state index contributed by atoms with van der Waals surface area (Å²) in [6.45, 7) is 7.09. The number of rotatable bonds is 6. The van der Waals surface area contributed by atoms with E-state index in [1.54, 1.807) is 18.2 Å². The van der Waals surface area contributed by atoms with Crippen molar-refractivity contribution in [3.8, 4) is 11.4 Å². The van der Waals surface area contributed by atoms with Gasteiger partial charge < -0.3 is 14.7 Å². The third-order valence-electron chi connectivity index (χ3n) is 5.47. The van der Waals surface area contributed by atoms with E-state index in [1.807, 2.05) is 30.0 Å². The van der Waals surface area contributed by atoms with E-state index in [0.29, 0.717) is 27.8 Å². The minimum Gasteiger partial charge on any atom is -0.351 e. The number of benzene rings is 2. The second-order valence-corrected chi connectivity index (χ2v) is 9.02. The minimum absolute atomic E-state index is 0.318. The molecule has 0 saturated carbocycles. The van der Waals surface area contributed by atoms with Crippen LogP contribution in [-0.4, -0.2) is 26.7 Å². The van der Waals surface area contributed by atoms with Gasteiger partial charge >= 0.3 is 0 Å². The van der Waals surface area contributed by atoms with E-state index >= 15 is 0 Å². The van der Waals surface area contributed by atoms with Gasteiger partial charge in [0.1, 0.15) is 5.82 Å². The quantitative estimate of drug-likeness (QED) is 0.430. The summed E-state index contributed by atoms with van der Waals surface area (Å²) >= 11 is 11.7. The summed E-state index contributed by atoms with van der Waals surface area (Å²) in [5, 5.41) is 8.76. The Morgan fingerprint density at radius 2 is 1.97 bits per heavy atom. The van der Waals surface area contributed by atoms with Crippen LogP contribution in [0.4, 0.5) is 4.39 Å². The molecule has 0 fully saturated rings. The highest BCUT2D eigenvalue weighted by atomic mass is 35.5. The van der Waals surface area contributed by atoms with Crippen LogP contribution in [0.1, 0.15) is 44.7 Å². The first kappa shape index (κ1) is 22.4. The summed E-state index contributed by atoms with van der Waals surface area (Å²) in [5.74, 6) is 1.03. The molecule has 1 unspecified atom stereocenters. The Morgan fingerprint density at radius 3 is 2.66 bits per heavy atom. The first-order valence-electron chi connectivity index (χ1n) is 10.5. The lowest BCUT2D eigenvalue weighted by Gasteiger charge is -2.37. The van der Waals surface area contributed by atoms with E-state index < -0.39 is 6.04 Å². The van der Waals surface area contributed by atoms with Crippen molar-refractivity contribution in [1.29, 1.82) is 0 Å². The number of hydrogen-bond acceptors (Lipinski definition) is 4. The lowest BCUT2D eigenvalue weighted by Crippen LogP contribution is -2.46. The van der Waals surface area contributed by atoms with Crippen molar-refractivity contribution in [2.45, 2.75) is 33.2 Å². The van der Waals surface area contributed by atoms with E-state index in [9.17, 15) is 4.39 Å². The fourth-order valence-electron chi connectivity index (χ4n) is 3.70. The van der Waals surface area contributed by atoms with Crippen LogP contribution in [-0.2, 0) is 0 Å². The van der Waals surface area contributed by atoms with Crippen LogP contribution in [0.5, 0.6) is 0 Å². The van der Waals surface area contributed by atoms with E-state index in [4.69, 9.17) is 28.3 Å². The fourth-order valence-corrected chi connectivity index (χ4v) is 4.17. The van der Waals surface area contributed by atoms with Crippen LogP contribution in [0, 0.1) is 11.7 Å². The first-order valence-corrected chi connectivity index (χ1v) is 11.3. The summed E-state index contributed by atoms with van der Waals surface area (Å²) in [4.78, 5) is 6.70. The standard InChI is InChI=1S/C24H24ClFN4OS/c1-14(2)11-12-30-15(3)20(21(27-24(30)32)17-5-4-6-19(26)13-17)23-28-22(29-31-23)16-7-9-18(25)10-8-16/h4-10,13-14,21H,11-12H2,1-3H3,(H,27,32). The van der Waals surface area contributed by atoms with Gasteiger partial charge in [-0.3, -0.25) is 0 Å². The van der Waals surface area contributed by atoms with Crippen molar-refractivity contribution < 1.29 is 8.91 Å². The number of halogens is 2. The molecule has 3 aromatic rings. The molecule has 2 heterocycles. The third kappa shape index (κ3) is 4.69. The maximum atomic E-state index is 14.0. The van der Waals surface area contributed by atoms with Gasteiger partial charge in [0.05, 0.1) is 11.6 Å². The molecule has 2 aromatic carbocycles. The third-order valence-corrected chi connectivity index (χ3v) is 6.06. The zero-order chi connectivity index (χ0) is 22.8. The number of hydrogen-bond donors (Lipinski definition) is 1. The first-order chi connectivity index (χ1) is 15.3. The van der Waals surface area contributed by atoms with Crippen molar-refractivity contribution in [2.24, 2.45) is 5.92 Å². The van der Waals surface area contributed by atoms with Gasteiger partial charge in [-0.05, 0) is 73.4 Å².